The van der Waals surface area contributed by atoms with Crippen LogP contribution in [0, 0.1) is 6.92 Å². The fraction of sp³-hybridized carbons (Fsp3) is 0.350. The highest BCUT2D eigenvalue weighted by molar-refractivity contribution is 5.95. The highest BCUT2D eigenvalue weighted by Gasteiger charge is 2.17. The molecule has 1 atom stereocenters. The number of aryl methyl sites for hydroxylation is 1. The molecule has 0 aliphatic rings. The van der Waals surface area contributed by atoms with Gasteiger partial charge in [0.05, 0.1) is 0 Å². The van der Waals surface area contributed by atoms with Crippen molar-refractivity contribution in [2.45, 2.75) is 46.1 Å². The molecule has 0 heterocycles. The van der Waals surface area contributed by atoms with Crippen molar-refractivity contribution in [3.63, 3.8) is 0 Å². The second-order valence-corrected chi connectivity index (χ2v) is 7.10. The zero-order chi connectivity index (χ0) is 17.9. The number of nitrogens with two attached hydrogens (primary N) is 1. The molecule has 0 bridgehead atoms. The van der Waals surface area contributed by atoms with Crippen molar-refractivity contribution in [2.75, 3.05) is 11.1 Å². The van der Waals surface area contributed by atoms with Gasteiger partial charge in [-0.25, -0.2) is 0 Å². The number of carbonyl (C=O) groups excluding carboxylic acids is 1. The SMILES string of the molecule is Cc1ccc(N)cc1NC(=O)[C@H](C)Oc1ccc(C(C)(C)C)cc1. The van der Waals surface area contributed by atoms with Gasteiger partial charge in [-0.05, 0) is 54.7 Å². The van der Waals surface area contributed by atoms with Crippen LogP contribution in [0.3, 0.4) is 0 Å². The van der Waals surface area contributed by atoms with Gasteiger partial charge < -0.3 is 15.8 Å². The number of benzene rings is 2. The molecule has 128 valence electrons. The van der Waals surface area contributed by atoms with E-state index in [2.05, 4.69) is 26.1 Å². The van der Waals surface area contributed by atoms with Crippen molar-refractivity contribution in [3.05, 3.63) is 53.6 Å². The maximum absolute atomic E-state index is 12.3. The van der Waals surface area contributed by atoms with Gasteiger partial charge in [-0.15, -0.1) is 0 Å². The van der Waals surface area contributed by atoms with Crippen molar-refractivity contribution < 1.29 is 9.53 Å². The first-order valence-electron chi connectivity index (χ1n) is 8.11. The van der Waals surface area contributed by atoms with Gasteiger partial charge in [0, 0.05) is 11.4 Å². The van der Waals surface area contributed by atoms with E-state index >= 15 is 0 Å². The minimum atomic E-state index is -0.605. The van der Waals surface area contributed by atoms with Crippen LogP contribution in [0.1, 0.15) is 38.8 Å². The molecular weight excluding hydrogens is 300 g/mol. The van der Waals surface area contributed by atoms with Crippen LogP contribution in [0.25, 0.3) is 0 Å². The Kier molecular flexibility index (Phi) is 5.17. The minimum Gasteiger partial charge on any atom is -0.481 e. The Morgan fingerprint density at radius 2 is 1.75 bits per heavy atom. The van der Waals surface area contributed by atoms with Crippen LogP contribution < -0.4 is 15.8 Å². The lowest BCUT2D eigenvalue weighted by Gasteiger charge is -2.20. The zero-order valence-corrected chi connectivity index (χ0v) is 15.0. The summed E-state index contributed by atoms with van der Waals surface area (Å²) in [5.74, 6) is 0.471. The smallest absolute Gasteiger partial charge is 0.265 e. The molecule has 24 heavy (non-hydrogen) atoms. The number of ether oxygens (including phenoxy) is 1. The Balaban J connectivity index is 2.02. The molecule has 0 spiro atoms. The Morgan fingerprint density at radius 1 is 1.12 bits per heavy atom. The predicted molar refractivity (Wildman–Crippen MR) is 99.5 cm³/mol. The summed E-state index contributed by atoms with van der Waals surface area (Å²) in [5.41, 5.74) is 9.36. The van der Waals surface area contributed by atoms with Crippen molar-refractivity contribution in [3.8, 4) is 5.75 Å². The highest BCUT2D eigenvalue weighted by Crippen LogP contribution is 2.25. The highest BCUT2D eigenvalue weighted by atomic mass is 16.5. The molecule has 4 heteroatoms. The van der Waals surface area contributed by atoms with Crippen molar-refractivity contribution >= 4 is 17.3 Å². The van der Waals surface area contributed by atoms with E-state index in [1.165, 1.54) is 5.56 Å². The molecule has 0 aliphatic heterocycles. The van der Waals surface area contributed by atoms with Crippen molar-refractivity contribution in [1.82, 2.24) is 0 Å². The second-order valence-electron chi connectivity index (χ2n) is 7.10. The molecule has 0 fully saturated rings. The van der Waals surface area contributed by atoms with Gasteiger partial charge in [0.25, 0.3) is 5.91 Å². The van der Waals surface area contributed by atoms with Gasteiger partial charge >= 0.3 is 0 Å². The van der Waals surface area contributed by atoms with Crippen molar-refractivity contribution in [2.24, 2.45) is 0 Å². The molecule has 2 aromatic rings. The first-order valence-corrected chi connectivity index (χ1v) is 8.11. The van der Waals surface area contributed by atoms with E-state index in [-0.39, 0.29) is 11.3 Å². The topological polar surface area (TPSA) is 64.3 Å². The molecule has 0 aromatic heterocycles. The normalized spacial score (nSPS) is 12.5. The zero-order valence-electron chi connectivity index (χ0n) is 15.0. The first-order chi connectivity index (χ1) is 11.2. The van der Waals surface area contributed by atoms with Gasteiger partial charge in [0.1, 0.15) is 5.75 Å². The number of rotatable bonds is 4. The van der Waals surface area contributed by atoms with E-state index in [0.29, 0.717) is 17.1 Å². The molecule has 0 unspecified atom stereocenters. The van der Waals surface area contributed by atoms with E-state index in [9.17, 15) is 4.79 Å². The number of hydrogen-bond acceptors (Lipinski definition) is 3. The predicted octanol–water partition coefficient (Wildman–Crippen LogP) is 4.28. The summed E-state index contributed by atoms with van der Waals surface area (Å²) >= 11 is 0. The summed E-state index contributed by atoms with van der Waals surface area (Å²) in [6.45, 7) is 10.1. The average Bonchev–Trinajstić information content (AvgIpc) is 2.50. The Bertz CT molecular complexity index is 715. The Morgan fingerprint density at radius 3 is 2.33 bits per heavy atom. The van der Waals surface area contributed by atoms with Crippen LogP contribution in [0.15, 0.2) is 42.5 Å². The van der Waals surface area contributed by atoms with Gasteiger partial charge in [-0.3, -0.25) is 4.79 Å². The maximum Gasteiger partial charge on any atom is 0.265 e. The molecule has 1 amide bonds. The summed E-state index contributed by atoms with van der Waals surface area (Å²) in [7, 11) is 0. The van der Waals surface area contributed by atoms with Crippen molar-refractivity contribution in [1.29, 1.82) is 0 Å². The molecule has 4 nitrogen and oxygen atoms in total. The first kappa shape index (κ1) is 17.9. The van der Waals surface area contributed by atoms with Crippen LogP contribution in [-0.2, 0) is 10.2 Å². The molecule has 2 rings (SSSR count). The standard InChI is InChI=1S/C20H26N2O2/c1-13-6-9-16(21)12-18(13)22-19(23)14(2)24-17-10-7-15(8-11-17)20(3,4)5/h6-12,14H,21H2,1-5H3,(H,22,23)/t14-/m0/s1. The summed E-state index contributed by atoms with van der Waals surface area (Å²) in [6.07, 6.45) is -0.605. The fourth-order valence-corrected chi connectivity index (χ4v) is 2.30. The summed E-state index contributed by atoms with van der Waals surface area (Å²) < 4.78 is 5.74. The quantitative estimate of drug-likeness (QED) is 0.824. The van der Waals surface area contributed by atoms with Gasteiger partial charge in [-0.2, -0.15) is 0 Å². The largest absolute Gasteiger partial charge is 0.481 e. The third kappa shape index (κ3) is 4.51. The molecule has 0 saturated heterocycles. The molecular formula is C20H26N2O2. The number of nitrogen functional groups attached to an aromatic ring is 1. The fourth-order valence-electron chi connectivity index (χ4n) is 2.30. The lowest BCUT2D eigenvalue weighted by Crippen LogP contribution is -2.30. The lowest BCUT2D eigenvalue weighted by atomic mass is 9.87. The number of carbonyl (C=O) groups is 1. The number of amides is 1. The molecule has 2 aromatic carbocycles. The van der Waals surface area contributed by atoms with E-state index in [1.807, 2.05) is 43.3 Å². The van der Waals surface area contributed by atoms with Crippen LogP contribution in [0.4, 0.5) is 11.4 Å². The number of nitrogens with one attached hydrogen (secondary N) is 1. The number of anilines is 2. The van der Waals surface area contributed by atoms with Gasteiger partial charge in [0.15, 0.2) is 6.10 Å². The molecule has 0 radical (unpaired) electrons. The van der Waals surface area contributed by atoms with Gasteiger partial charge in [0.2, 0.25) is 0 Å². The third-order valence-corrected chi connectivity index (χ3v) is 3.92. The second kappa shape index (κ2) is 6.95. The maximum atomic E-state index is 12.3. The summed E-state index contributed by atoms with van der Waals surface area (Å²) in [5, 5.41) is 2.86. The molecule has 0 aliphatic carbocycles. The molecule has 3 N–H and O–H groups in total. The minimum absolute atomic E-state index is 0.0896. The summed E-state index contributed by atoms with van der Waals surface area (Å²) in [6, 6.07) is 13.3. The van der Waals surface area contributed by atoms with E-state index in [4.69, 9.17) is 10.5 Å². The Hall–Kier alpha value is -2.49. The monoisotopic (exact) mass is 326 g/mol. The molecule has 0 saturated carbocycles. The van der Waals surface area contributed by atoms with Crippen LogP contribution in [-0.4, -0.2) is 12.0 Å². The average molecular weight is 326 g/mol. The van der Waals surface area contributed by atoms with Gasteiger partial charge in [-0.1, -0.05) is 39.0 Å². The Labute approximate surface area is 144 Å². The van der Waals surface area contributed by atoms with E-state index in [0.717, 1.165) is 5.56 Å². The van der Waals surface area contributed by atoms with E-state index < -0.39 is 6.10 Å². The number of hydrogen-bond donors (Lipinski definition) is 2. The summed E-state index contributed by atoms with van der Waals surface area (Å²) in [4.78, 5) is 12.3. The third-order valence-electron chi connectivity index (χ3n) is 3.92. The lowest BCUT2D eigenvalue weighted by molar-refractivity contribution is -0.122. The van der Waals surface area contributed by atoms with E-state index in [1.54, 1.807) is 13.0 Å². The van der Waals surface area contributed by atoms with Crippen LogP contribution >= 0.6 is 0 Å². The van der Waals surface area contributed by atoms with Crippen LogP contribution in [0.2, 0.25) is 0 Å². The van der Waals surface area contributed by atoms with Crippen LogP contribution in [0.5, 0.6) is 5.75 Å².